The third-order valence-electron chi connectivity index (χ3n) is 5.02. The van der Waals surface area contributed by atoms with Gasteiger partial charge in [0.25, 0.3) is 11.8 Å². The third-order valence-corrected chi connectivity index (χ3v) is 6.47. The summed E-state index contributed by atoms with van der Waals surface area (Å²) in [5.74, 6) is -0.728. The summed E-state index contributed by atoms with van der Waals surface area (Å²) in [4.78, 5) is 38.1. The number of hydrogen-bond donors (Lipinski definition) is 1. The van der Waals surface area contributed by atoms with Gasteiger partial charge in [0, 0.05) is 18.9 Å². The smallest absolute Gasteiger partial charge is 0.261 e. The Morgan fingerprint density at radius 2 is 1.75 bits per heavy atom. The average molecular weight is 461 g/mol. The monoisotopic (exact) mass is 460 g/mol. The van der Waals surface area contributed by atoms with Crippen LogP contribution in [0.3, 0.4) is 0 Å². The van der Waals surface area contributed by atoms with Crippen LogP contribution < -0.4 is 14.8 Å². The maximum absolute atomic E-state index is 13.0. The minimum atomic E-state index is -3.71. The number of ether oxygens (including phenoxy) is 2. The van der Waals surface area contributed by atoms with Gasteiger partial charge in [0.05, 0.1) is 31.4 Å². The van der Waals surface area contributed by atoms with Crippen molar-refractivity contribution in [1.29, 1.82) is 0 Å². The Bertz CT molecular complexity index is 1190. The topological polar surface area (TPSA) is 119 Å². The molecule has 2 aromatic rings. The van der Waals surface area contributed by atoms with Gasteiger partial charge in [0.15, 0.2) is 21.3 Å². The lowest BCUT2D eigenvalue weighted by Gasteiger charge is -2.22. The normalized spacial score (nSPS) is 14.2. The van der Waals surface area contributed by atoms with Crippen molar-refractivity contribution in [2.24, 2.45) is 0 Å². The Balaban J connectivity index is 1.96. The summed E-state index contributed by atoms with van der Waals surface area (Å²) in [6, 6.07) is 9.06. The van der Waals surface area contributed by atoms with E-state index in [9.17, 15) is 22.8 Å². The molecule has 170 valence electrons. The Morgan fingerprint density at radius 3 is 2.34 bits per heavy atom. The summed E-state index contributed by atoms with van der Waals surface area (Å²) in [6.45, 7) is 3.10. The van der Waals surface area contributed by atoms with Crippen molar-refractivity contribution in [3.8, 4) is 11.5 Å². The van der Waals surface area contributed by atoms with E-state index in [2.05, 4.69) is 5.32 Å². The lowest BCUT2D eigenvalue weighted by atomic mass is 10.1. The van der Waals surface area contributed by atoms with Gasteiger partial charge in [-0.15, -0.1) is 0 Å². The summed E-state index contributed by atoms with van der Waals surface area (Å²) in [5.41, 5.74) is 1.00. The molecule has 32 heavy (non-hydrogen) atoms. The molecular weight excluding hydrogens is 436 g/mol. The van der Waals surface area contributed by atoms with Crippen LogP contribution in [0.25, 0.3) is 0 Å². The van der Waals surface area contributed by atoms with Gasteiger partial charge in [0.2, 0.25) is 5.91 Å². The maximum atomic E-state index is 13.0. The zero-order valence-electron chi connectivity index (χ0n) is 18.2. The molecule has 9 nitrogen and oxygen atoms in total. The molecule has 0 spiro atoms. The first-order valence-electron chi connectivity index (χ1n) is 9.84. The van der Waals surface area contributed by atoms with Crippen LogP contribution in [0.5, 0.6) is 11.5 Å². The molecule has 1 N–H and O–H groups in total. The van der Waals surface area contributed by atoms with E-state index in [0.717, 1.165) is 11.2 Å². The van der Waals surface area contributed by atoms with Crippen molar-refractivity contribution < 1.29 is 32.3 Å². The first-order valence-corrected chi connectivity index (χ1v) is 11.8. The number of carbonyl (C=O) groups excluding carboxylic acids is 3. The lowest BCUT2D eigenvalue weighted by molar-refractivity contribution is -0.114. The number of amides is 3. The molecule has 0 saturated heterocycles. The number of anilines is 1. The first kappa shape index (κ1) is 23.3. The molecule has 0 saturated carbocycles. The van der Waals surface area contributed by atoms with Crippen molar-refractivity contribution in [2.45, 2.75) is 19.1 Å². The predicted octanol–water partition coefficient (Wildman–Crippen LogP) is 2.43. The van der Waals surface area contributed by atoms with Crippen molar-refractivity contribution in [3.05, 3.63) is 53.1 Å². The first-order chi connectivity index (χ1) is 15.1. The van der Waals surface area contributed by atoms with Gasteiger partial charge in [-0.05, 0) is 42.8 Å². The molecular formula is C22H24N2O7S. The van der Waals surface area contributed by atoms with Gasteiger partial charge in [-0.1, -0.05) is 6.07 Å². The van der Waals surface area contributed by atoms with Crippen molar-refractivity contribution in [1.82, 2.24) is 4.90 Å². The molecule has 0 aromatic heterocycles. The van der Waals surface area contributed by atoms with Crippen LogP contribution in [0.1, 0.15) is 45.4 Å². The van der Waals surface area contributed by atoms with E-state index >= 15 is 0 Å². The van der Waals surface area contributed by atoms with Crippen LogP contribution in [0, 0.1) is 0 Å². The highest BCUT2D eigenvalue weighted by Gasteiger charge is 2.39. The van der Waals surface area contributed by atoms with Gasteiger partial charge in [-0.2, -0.15) is 0 Å². The Labute approximate surface area is 186 Å². The second-order valence-electron chi connectivity index (χ2n) is 7.32. The Morgan fingerprint density at radius 1 is 1.06 bits per heavy atom. The van der Waals surface area contributed by atoms with Crippen LogP contribution >= 0.6 is 0 Å². The zero-order valence-corrected chi connectivity index (χ0v) is 19.0. The largest absolute Gasteiger partial charge is 0.493 e. The predicted molar refractivity (Wildman–Crippen MR) is 118 cm³/mol. The molecule has 10 heteroatoms. The standard InChI is InChI=1S/C22H24N2O7S/c1-5-31-19-10-14(6-9-18(19)30-3)20(32(4,28)29)12-24-21(26)16-8-7-15(23-13(2)25)11-17(16)22(24)27/h6-11,20H,5,12H2,1-4H3,(H,23,25). The number of sulfone groups is 1. The number of hydrogen-bond acceptors (Lipinski definition) is 7. The number of methoxy groups -OCH3 is 1. The van der Waals surface area contributed by atoms with Gasteiger partial charge in [-0.3, -0.25) is 19.3 Å². The SMILES string of the molecule is CCOc1cc(C(CN2C(=O)c3ccc(NC(C)=O)cc3C2=O)S(C)(=O)=O)ccc1OC. The Hall–Kier alpha value is -3.40. The summed E-state index contributed by atoms with van der Waals surface area (Å²) in [5, 5.41) is 1.40. The van der Waals surface area contributed by atoms with Gasteiger partial charge >= 0.3 is 0 Å². The Kier molecular flexibility index (Phi) is 6.54. The van der Waals surface area contributed by atoms with Crippen LogP contribution in [-0.4, -0.2) is 57.6 Å². The van der Waals surface area contributed by atoms with Crippen molar-refractivity contribution in [3.63, 3.8) is 0 Å². The van der Waals surface area contributed by atoms with E-state index < -0.39 is 26.9 Å². The molecule has 1 unspecified atom stereocenters. The second kappa shape index (κ2) is 8.99. The number of fused-ring (bicyclic) bond motifs is 1. The number of benzene rings is 2. The highest BCUT2D eigenvalue weighted by molar-refractivity contribution is 7.91. The molecule has 1 heterocycles. The number of rotatable bonds is 8. The van der Waals surface area contributed by atoms with Gasteiger partial charge in [0.1, 0.15) is 5.25 Å². The summed E-state index contributed by atoms with van der Waals surface area (Å²) in [6.07, 6.45) is 1.05. The zero-order chi connectivity index (χ0) is 23.6. The summed E-state index contributed by atoms with van der Waals surface area (Å²) in [7, 11) is -2.24. The molecule has 1 atom stereocenters. The summed E-state index contributed by atoms with van der Waals surface area (Å²) >= 11 is 0. The molecule has 1 aliphatic heterocycles. The minimum Gasteiger partial charge on any atom is -0.493 e. The van der Waals surface area contributed by atoms with E-state index in [1.165, 1.54) is 32.2 Å². The number of imide groups is 1. The van der Waals surface area contributed by atoms with E-state index in [1.54, 1.807) is 25.1 Å². The lowest BCUT2D eigenvalue weighted by Crippen LogP contribution is -2.36. The third kappa shape index (κ3) is 4.59. The van der Waals surface area contributed by atoms with E-state index in [4.69, 9.17) is 9.47 Å². The number of nitrogens with zero attached hydrogens (tertiary/aromatic N) is 1. The fourth-order valence-corrected chi connectivity index (χ4v) is 4.61. The molecule has 3 rings (SSSR count). The molecule has 1 aliphatic rings. The van der Waals surface area contributed by atoms with E-state index in [-0.39, 0.29) is 23.6 Å². The molecule has 2 aromatic carbocycles. The fourth-order valence-electron chi connectivity index (χ4n) is 3.55. The minimum absolute atomic E-state index is 0.109. The molecule has 0 aliphatic carbocycles. The molecule has 0 radical (unpaired) electrons. The highest BCUT2D eigenvalue weighted by Crippen LogP contribution is 2.35. The van der Waals surface area contributed by atoms with Crippen molar-refractivity contribution in [2.75, 3.05) is 31.8 Å². The number of carbonyl (C=O) groups is 3. The fraction of sp³-hybridized carbons (Fsp3) is 0.318. The van der Waals surface area contributed by atoms with Crippen molar-refractivity contribution >= 4 is 33.2 Å². The van der Waals surface area contributed by atoms with Crippen LogP contribution in [-0.2, 0) is 14.6 Å². The maximum Gasteiger partial charge on any atom is 0.261 e. The summed E-state index contributed by atoms with van der Waals surface area (Å²) < 4.78 is 36.1. The van der Waals surface area contributed by atoms with Crippen LogP contribution in [0.4, 0.5) is 5.69 Å². The van der Waals surface area contributed by atoms with E-state index in [0.29, 0.717) is 29.4 Å². The molecule has 3 amide bonds. The molecule has 0 fully saturated rings. The quantitative estimate of drug-likeness (QED) is 0.601. The highest BCUT2D eigenvalue weighted by atomic mass is 32.2. The van der Waals surface area contributed by atoms with Gasteiger partial charge in [-0.25, -0.2) is 8.42 Å². The van der Waals surface area contributed by atoms with Crippen LogP contribution in [0.2, 0.25) is 0 Å². The average Bonchev–Trinajstić information content (AvgIpc) is 2.95. The number of nitrogens with one attached hydrogen (secondary N) is 1. The van der Waals surface area contributed by atoms with Gasteiger partial charge < -0.3 is 14.8 Å². The van der Waals surface area contributed by atoms with Crippen LogP contribution in [0.15, 0.2) is 36.4 Å². The van der Waals surface area contributed by atoms with E-state index in [1.807, 2.05) is 0 Å². The second-order valence-corrected chi connectivity index (χ2v) is 9.55. The molecule has 0 bridgehead atoms.